The molecule has 126 valence electrons. The van der Waals surface area contributed by atoms with Gasteiger partial charge >= 0.3 is 0 Å². The molecule has 0 saturated carbocycles. The number of hydrazone groups is 1. The van der Waals surface area contributed by atoms with Crippen molar-refractivity contribution in [3.63, 3.8) is 0 Å². The highest BCUT2D eigenvalue weighted by molar-refractivity contribution is 5.94. The highest BCUT2D eigenvalue weighted by Gasteiger charge is 2.09. The predicted octanol–water partition coefficient (Wildman–Crippen LogP) is 1.18. The van der Waals surface area contributed by atoms with Crippen LogP contribution in [0.3, 0.4) is 0 Å². The Hall–Kier alpha value is -3.29. The van der Waals surface area contributed by atoms with E-state index >= 15 is 0 Å². The summed E-state index contributed by atoms with van der Waals surface area (Å²) in [4.78, 5) is 23.2. The number of amides is 2. The van der Waals surface area contributed by atoms with Gasteiger partial charge < -0.3 is 19.2 Å². The summed E-state index contributed by atoms with van der Waals surface area (Å²) in [5.41, 5.74) is 2.98. The van der Waals surface area contributed by atoms with Gasteiger partial charge in [0, 0.05) is 11.6 Å². The number of carbonyl (C=O) groups excluding carboxylic acids is 2. The van der Waals surface area contributed by atoms with E-state index in [1.807, 2.05) is 0 Å². The Balaban J connectivity index is 1.85. The summed E-state index contributed by atoms with van der Waals surface area (Å²) < 4.78 is 15.2. The van der Waals surface area contributed by atoms with E-state index in [1.165, 1.54) is 25.7 Å². The van der Waals surface area contributed by atoms with Crippen LogP contribution >= 0.6 is 0 Å². The molecule has 1 heterocycles. The lowest BCUT2D eigenvalue weighted by molar-refractivity contribution is -0.120. The number of nitrogens with one attached hydrogen (secondary N) is 2. The lowest BCUT2D eigenvalue weighted by Gasteiger charge is -2.07. The third-order valence-corrected chi connectivity index (χ3v) is 2.99. The smallest absolute Gasteiger partial charge is 0.287 e. The van der Waals surface area contributed by atoms with Crippen molar-refractivity contribution in [2.45, 2.75) is 0 Å². The number of ether oxygens (including phenoxy) is 2. The molecule has 0 saturated heterocycles. The van der Waals surface area contributed by atoms with E-state index in [2.05, 4.69) is 15.8 Å². The Morgan fingerprint density at radius 1 is 1.25 bits per heavy atom. The lowest BCUT2D eigenvalue weighted by Crippen LogP contribution is -2.34. The van der Waals surface area contributed by atoms with E-state index in [0.717, 1.165) is 0 Å². The minimum Gasteiger partial charge on any atom is -0.497 e. The quantitative estimate of drug-likeness (QED) is 0.586. The molecule has 2 amide bonds. The second kappa shape index (κ2) is 8.37. The molecular formula is C16H17N3O5. The predicted molar refractivity (Wildman–Crippen MR) is 86.3 cm³/mol. The summed E-state index contributed by atoms with van der Waals surface area (Å²) in [6.07, 6.45) is 2.81. The number of furan rings is 1. The fourth-order valence-corrected chi connectivity index (χ4v) is 1.79. The van der Waals surface area contributed by atoms with Gasteiger partial charge in [-0.15, -0.1) is 0 Å². The summed E-state index contributed by atoms with van der Waals surface area (Å²) in [5.74, 6) is 0.385. The first-order chi connectivity index (χ1) is 11.6. The number of rotatable bonds is 7. The van der Waals surface area contributed by atoms with Crippen LogP contribution in [0.4, 0.5) is 0 Å². The Labute approximate surface area is 138 Å². The summed E-state index contributed by atoms with van der Waals surface area (Å²) >= 11 is 0. The summed E-state index contributed by atoms with van der Waals surface area (Å²) in [6.45, 7) is -0.226. The first-order valence-electron chi connectivity index (χ1n) is 6.99. The van der Waals surface area contributed by atoms with Crippen molar-refractivity contribution in [2.24, 2.45) is 5.10 Å². The van der Waals surface area contributed by atoms with Gasteiger partial charge in [-0.1, -0.05) is 0 Å². The average Bonchev–Trinajstić information content (AvgIpc) is 3.14. The fraction of sp³-hybridized carbons (Fsp3) is 0.188. The van der Waals surface area contributed by atoms with Crippen molar-refractivity contribution in [1.82, 2.24) is 10.7 Å². The van der Waals surface area contributed by atoms with Crippen LogP contribution in [0.1, 0.15) is 16.1 Å². The van der Waals surface area contributed by atoms with Crippen molar-refractivity contribution < 1.29 is 23.5 Å². The van der Waals surface area contributed by atoms with Gasteiger partial charge in [-0.25, -0.2) is 5.43 Å². The molecule has 8 heteroatoms. The molecule has 0 aliphatic rings. The SMILES string of the molecule is COc1ccc(/C=N\NC(=O)CNC(=O)c2ccco2)c(OC)c1. The van der Waals surface area contributed by atoms with Gasteiger partial charge in [0.25, 0.3) is 11.8 Å². The highest BCUT2D eigenvalue weighted by atomic mass is 16.5. The lowest BCUT2D eigenvalue weighted by atomic mass is 10.2. The highest BCUT2D eigenvalue weighted by Crippen LogP contribution is 2.22. The maximum atomic E-state index is 11.6. The number of nitrogens with zero attached hydrogens (tertiary/aromatic N) is 1. The van der Waals surface area contributed by atoms with Crippen LogP contribution in [-0.4, -0.2) is 38.8 Å². The first kappa shape index (κ1) is 17.1. The zero-order valence-corrected chi connectivity index (χ0v) is 13.2. The van der Waals surface area contributed by atoms with Crippen LogP contribution in [0.2, 0.25) is 0 Å². The van der Waals surface area contributed by atoms with Gasteiger partial charge in [0.05, 0.1) is 33.2 Å². The maximum Gasteiger partial charge on any atom is 0.287 e. The molecule has 0 unspecified atom stereocenters. The Bertz CT molecular complexity index is 725. The molecular weight excluding hydrogens is 314 g/mol. The van der Waals surface area contributed by atoms with Crippen LogP contribution in [-0.2, 0) is 4.79 Å². The number of hydrogen-bond donors (Lipinski definition) is 2. The standard InChI is InChI=1S/C16H17N3O5/c1-22-12-6-5-11(14(8-12)23-2)9-18-19-15(20)10-17-16(21)13-4-3-7-24-13/h3-9H,10H2,1-2H3,(H,17,21)(H,19,20)/b18-9-. The van der Waals surface area contributed by atoms with E-state index in [0.29, 0.717) is 17.1 Å². The molecule has 0 bridgehead atoms. The molecule has 8 nitrogen and oxygen atoms in total. The Kier molecular flexibility index (Phi) is 5.95. The largest absolute Gasteiger partial charge is 0.497 e. The van der Waals surface area contributed by atoms with Crippen LogP contribution in [0, 0.1) is 0 Å². The normalized spacial score (nSPS) is 10.4. The minimum atomic E-state index is -0.476. The van der Waals surface area contributed by atoms with Gasteiger partial charge in [0.1, 0.15) is 11.5 Å². The molecule has 2 aromatic rings. The molecule has 2 N–H and O–H groups in total. The molecule has 24 heavy (non-hydrogen) atoms. The first-order valence-corrected chi connectivity index (χ1v) is 6.99. The molecule has 0 radical (unpaired) electrons. The van der Waals surface area contributed by atoms with Gasteiger partial charge in [-0.3, -0.25) is 9.59 Å². The third-order valence-electron chi connectivity index (χ3n) is 2.99. The van der Waals surface area contributed by atoms with E-state index in [4.69, 9.17) is 13.9 Å². The van der Waals surface area contributed by atoms with Gasteiger partial charge in [-0.05, 0) is 24.3 Å². The van der Waals surface area contributed by atoms with E-state index < -0.39 is 11.8 Å². The number of benzene rings is 1. The van der Waals surface area contributed by atoms with Crippen molar-refractivity contribution in [1.29, 1.82) is 0 Å². The Morgan fingerprint density at radius 2 is 2.08 bits per heavy atom. The molecule has 0 fully saturated rings. The van der Waals surface area contributed by atoms with Crippen LogP contribution < -0.4 is 20.2 Å². The minimum absolute atomic E-state index is 0.134. The number of carbonyl (C=O) groups is 2. The average molecular weight is 331 g/mol. The van der Waals surface area contributed by atoms with E-state index in [1.54, 1.807) is 31.4 Å². The summed E-state index contributed by atoms with van der Waals surface area (Å²) in [5, 5.41) is 6.24. The number of hydrogen-bond acceptors (Lipinski definition) is 6. The third kappa shape index (κ3) is 4.60. The monoisotopic (exact) mass is 331 g/mol. The van der Waals surface area contributed by atoms with E-state index in [-0.39, 0.29) is 12.3 Å². The van der Waals surface area contributed by atoms with Gasteiger partial charge in [-0.2, -0.15) is 5.10 Å². The number of methoxy groups -OCH3 is 2. The molecule has 2 rings (SSSR count). The van der Waals surface area contributed by atoms with E-state index in [9.17, 15) is 9.59 Å². The maximum absolute atomic E-state index is 11.6. The second-order valence-electron chi connectivity index (χ2n) is 4.56. The fourth-order valence-electron chi connectivity index (χ4n) is 1.79. The van der Waals surface area contributed by atoms with Crippen molar-refractivity contribution in [2.75, 3.05) is 20.8 Å². The molecule has 0 atom stereocenters. The van der Waals surface area contributed by atoms with Crippen molar-refractivity contribution >= 4 is 18.0 Å². The molecule has 0 spiro atoms. The zero-order chi connectivity index (χ0) is 17.4. The van der Waals surface area contributed by atoms with Gasteiger partial charge in [0.2, 0.25) is 0 Å². The van der Waals surface area contributed by atoms with Gasteiger partial charge in [0.15, 0.2) is 5.76 Å². The van der Waals surface area contributed by atoms with Crippen molar-refractivity contribution in [3.8, 4) is 11.5 Å². The van der Waals surface area contributed by atoms with Crippen LogP contribution in [0.15, 0.2) is 46.1 Å². The molecule has 1 aromatic heterocycles. The molecule has 0 aliphatic carbocycles. The topological polar surface area (TPSA) is 102 Å². The molecule has 0 aliphatic heterocycles. The zero-order valence-electron chi connectivity index (χ0n) is 13.2. The van der Waals surface area contributed by atoms with Crippen molar-refractivity contribution in [3.05, 3.63) is 47.9 Å². The summed E-state index contributed by atoms with van der Waals surface area (Å²) in [6, 6.07) is 8.27. The van der Waals surface area contributed by atoms with Crippen LogP contribution in [0.5, 0.6) is 11.5 Å². The summed E-state index contributed by atoms with van der Waals surface area (Å²) in [7, 11) is 3.08. The second-order valence-corrected chi connectivity index (χ2v) is 4.56. The Morgan fingerprint density at radius 3 is 2.75 bits per heavy atom. The molecule has 1 aromatic carbocycles. The van der Waals surface area contributed by atoms with Crippen LogP contribution in [0.25, 0.3) is 0 Å².